The predicted molar refractivity (Wildman–Crippen MR) is 125 cm³/mol. The molecule has 0 N–H and O–H groups in total. The minimum absolute atomic E-state index is 0.226. The first kappa shape index (κ1) is 22.8. The molecule has 0 saturated heterocycles. The summed E-state index contributed by atoms with van der Waals surface area (Å²) >= 11 is 0. The van der Waals surface area contributed by atoms with Crippen molar-refractivity contribution in [1.82, 2.24) is 0 Å². The van der Waals surface area contributed by atoms with Crippen LogP contribution >= 0.6 is 0 Å². The van der Waals surface area contributed by atoms with Gasteiger partial charge in [0.2, 0.25) is 0 Å². The molecule has 4 rings (SSSR count). The van der Waals surface area contributed by atoms with E-state index in [1.54, 1.807) is 12.1 Å². The van der Waals surface area contributed by atoms with Gasteiger partial charge in [0.05, 0.1) is 6.67 Å². The van der Waals surface area contributed by atoms with Crippen molar-refractivity contribution in [2.75, 3.05) is 6.67 Å². The molecule has 1 nitrogen and oxygen atoms in total. The van der Waals surface area contributed by atoms with Crippen LogP contribution in [0, 0.1) is 0 Å². The second-order valence-electron chi connectivity index (χ2n) is 8.01. The molecule has 4 aromatic carbocycles. The lowest BCUT2D eigenvalue weighted by atomic mass is 9.94. The summed E-state index contributed by atoms with van der Waals surface area (Å²) in [4.78, 5) is 0. The Morgan fingerprint density at radius 1 is 0.636 bits per heavy atom. The average molecular weight is 452 g/mol. The Hall–Kier alpha value is -3.34. The zero-order valence-corrected chi connectivity index (χ0v) is 18.0. The summed E-state index contributed by atoms with van der Waals surface area (Å²) in [5, 5.41) is 1.52. The summed E-state index contributed by atoms with van der Waals surface area (Å²) in [6.07, 6.45) is -1.33. The molecule has 0 unspecified atom stereocenters. The number of hydrogen-bond acceptors (Lipinski definition) is 1. The van der Waals surface area contributed by atoms with Gasteiger partial charge in [0, 0.05) is 0 Å². The molecule has 0 saturated carbocycles. The van der Waals surface area contributed by atoms with Crippen molar-refractivity contribution in [3.05, 3.63) is 90.5 Å². The van der Waals surface area contributed by atoms with Crippen LogP contribution in [0.3, 0.4) is 0 Å². The van der Waals surface area contributed by atoms with Gasteiger partial charge in [-0.1, -0.05) is 73.2 Å². The van der Waals surface area contributed by atoms with Crippen molar-refractivity contribution >= 4 is 10.8 Å². The fraction of sp³-hybridized carbons (Fsp3) is 0.214. The Labute approximate surface area is 190 Å². The van der Waals surface area contributed by atoms with Gasteiger partial charge in [-0.25, -0.2) is 0 Å². The van der Waals surface area contributed by atoms with Gasteiger partial charge < -0.3 is 4.74 Å². The number of fused-ring (bicyclic) bond motifs is 1. The van der Waals surface area contributed by atoms with E-state index in [9.17, 15) is 17.6 Å². The molecule has 0 aliphatic heterocycles. The SMILES string of the molecule is FCCCCCc1ccccc1-c1ccc(-c2ccc3cc(OC(F)(F)F)ccc3c2)cc1. The zero-order valence-electron chi connectivity index (χ0n) is 18.0. The summed E-state index contributed by atoms with van der Waals surface area (Å²) in [5.41, 5.74) is 5.57. The van der Waals surface area contributed by atoms with Crippen LogP contribution in [-0.2, 0) is 6.42 Å². The number of alkyl halides is 4. The molecule has 0 fully saturated rings. The van der Waals surface area contributed by atoms with Crippen LogP contribution in [0.5, 0.6) is 5.75 Å². The Morgan fingerprint density at radius 2 is 1.30 bits per heavy atom. The largest absolute Gasteiger partial charge is 0.573 e. The minimum Gasteiger partial charge on any atom is -0.406 e. The van der Waals surface area contributed by atoms with Crippen LogP contribution in [0.15, 0.2) is 84.9 Å². The molecule has 0 aromatic heterocycles. The van der Waals surface area contributed by atoms with E-state index in [1.807, 2.05) is 24.3 Å². The Morgan fingerprint density at radius 3 is 2.06 bits per heavy atom. The van der Waals surface area contributed by atoms with E-state index in [0.29, 0.717) is 11.8 Å². The molecule has 0 aliphatic rings. The fourth-order valence-corrected chi connectivity index (χ4v) is 4.05. The first-order valence-corrected chi connectivity index (χ1v) is 11.0. The van der Waals surface area contributed by atoms with Crippen LogP contribution in [0.4, 0.5) is 17.6 Å². The van der Waals surface area contributed by atoms with Crippen molar-refractivity contribution in [2.24, 2.45) is 0 Å². The molecule has 5 heteroatoms. The number of benzene rings is 4. The highest BCUT2D eigenvalue weighted by atomic mass is 19.4. The number of ether oxygens (including phenoxy) is 1. The maximum absolute atomic E-state index is 12.5. The number of hydrogen-bond donors (Lipinski definition) is 0. The first-order valence-electron chi connectivity index (χ1n) is 11.0. The van der Waals surface area contributed by atoms with E-state index in [1.165, 1.54) is 23.3 Å². The van der Waals surface area contributed by atoms with Crippen molar-refractivity contribution in [2.45, 2.75) is 32.0 Å². The van der Waals surface area contributed by atoms with Gasteiger partial charge in [-0.3, -0.25) is 4.39 Å². The molecule has 0 atom stereocenters. The topological polar surface area (TPSA) is 9.23 Å². The zero-order chi connectivity index (χ0) is 23.3. The van der Waals surface area contributed by atoms with Gasteiger partial charge in [-0.05, 0) is 76.1 Å². The number of unbranched alkanes of at least 4 members (excludes halogenated alkanes) is 2. The van der Waals surface area contributed by atoms with E-state index < -0.39 is 6.36 Å². The fourth-order valence-electron chi connectivity index (χ4n) is 4.05. The number of aryl methyl sites for hydroxylation is 1. The summed E-state index contributed by atoms with van der Waals surface area (Å²) in [7, 11) is 0. The number of rotatable bonds is 8. The van der Waals surface area contributed by atoms with Crippen LogP contribution in [0.2, 0.25) is 0 Å². The Kier molecular flexibility index (Phi) is 6.97. The highest BCUT2D eigenvalue weighted by Gasteiger charge is 2.31. The van der Waals surface area contributed by atoms with E-state index in [2.05, 4.69) is 41.1 Å². The van der Waals surface area contributed by atoms with Gasteiger partial charge in [-0.2, -0.15) is 0 Å². The van der Waals surface area contributed by atoms with Crippen LogP contribution < -0.4 is 4.74 Å². The summed E-state index contributed by atoms with van der Waals surface area (Å²) in [5.74, 6) is -0.226. The highest BCUT2D eigenvalue weighted by Crippen LogP contribution is 2.31. The molecule has 0 spiro atoms. The smallest absolute Gasteiger partial charge is 0.406 e. The molecule has 0 radical (unpaired) electrons. The quantitative estimate of drug-likeness (QED) is 0.192. The van der Waals surface area contributed by atoms with E-state index in [0.717, 1.165) is 41.3 Å². The normalized spacial score (nSPS) is 11.6. The van der Waals surface area contributed by atoms with Crippen molar-refractivity contribution in [1.29, 1.82) is 0 Å². The first-order chi connectivity index (χ1) is 15.9. The Balaban J connectivity index is 1.54. The van der Waals surface area contributed by atoms with Crippen molar-refractivity contribution in [3.8, 4) is 28.0 Å². The van der Waals surface area contributed by atoms with Gasteiger partial charge in [0.15, 0.2) is 0 Å². The highest BCUT2D eigenvalue weighted by molar-refractivity contribution is 5.88. The van der Waals surface area contributed by atoms with Gasteiger partial charge in [0.25, 0.3) is 0 Å². The van der Waals surface area contributed by atoms with Crippen LogP contribution in [0.25, 0.3) is 33.0 Å². The number of halogens is 4. The lowest BCUT2D eigenvalue weighted by Crippen LogP contribution is -2.16. The summed E-state index contributed by atoms with van der Waals surface area (Å²) in [6, 6.07) is 26.6. The van der Waals surface area contributed by atoms with Crippen LogP contribution in [0.1, 0.15) is 24.8 Å². The molecule has 0 bridgehead atoms. The van der Waals surface area contributed by atoms with E-state index in [-0.39, 0.29) is 12.4 Å². The lowest BCUT2D eigenvalue weighted by molar-refractivity contribution is -0.274. The molecule has 170 valence electrons. The molecule has 33 heavy (non-hydrogen) atoms. The minimum atomic E-state index is -4.71. The van der Waals surface area contributed by atoms with E-state index in [4.69, 9.17) is 0 Å². The third-order valence-corrected chi connectivity index (χ3v) is 5.67. The van der Waals surface area contributed by atoms with Crippen molar-refractivity contribution < 1.29 is 22.3 Å². The monoisotopic (exact) mass is 452 g/mol. The predicted octanol–water partition coefficient (Wildman–Crippen LogP) is 8.75. The van der Waals surface area contributed by atoms with Gasteiger partial charge >= 0.3 is 6.36 Å². The van der Waals surface area contributed by atoms with Gasteiger partial charge in [-0.15, -0.1) is 13.2 Å². The molecule has 0 heterocycles. The third-order valence-electron chi connectivity index (χ3n) is 5.67. The Bertz CT molecular complexity index is 1210. The molecular weight excluding hydrogens is 428 g/mol. The maximum Gasteiger partial charge on any atom is 0.573 e. The van der Waals surface area contributed by atoms with Crippen molar-refractivity contribution in [3.63, 3.8) is 0 Å². The molecule has 4 aromatic rings. The second kappa shape index (κ2) is 10.1. The average Bonchev–Trinajstić information content (AvgIpc) is 2.81. The molecule has 0 amide bonds. The molecular formula is C28H24F4O. The van der Waals surface area contributed by atoms with E-state index >= 15 is 0 Å². The lowest BCUT2D eigenvalue weighted by Gasteiger charge is -2.12. The third kappa shape index (κ3) is 5.92. The molecule has 0 aliphatic carbocycles. The summed E-state index contributed by atoms with van der Waals surface area (Å²) < 4.78 is 53.8. The maximum atomic E-state index is 12.5. The summed E-state index contributed by atoms with van der Waals surface area (Å²) in [6.45, 7) is -0.264. The van der Waals surface area contributed by atoms with Crippen LogP contribution in [-0.4, -0.2) is 13.0 Å². The second-order valence-corrected chi connectivity index (χ2v) is 8.01. The standard InChI is InChI=1S/C28H24F4O/c29-17-5-1-2-6-21-7-3-4-8-27(21)22-11-9-20(10-12-22)23-13-14-25-19-26(33-28(30,31)32)16-15-24(25)18-23/h3-4,7-16,18-19H,1-2,5-6,17H2. The van der Waals surface area contributed by atoms with Gasteiger partial charge in [0.1, 0.15) is 5.75 Å².